The number of anilines is 1. The number of benzene rings is 2. The van der Waals surface area contributed by atoms with Crippen LogP contribution in [0.5, 0.6) is 0 Å². The second-order valence-electron chi connectivity index (χ2n) is 8.73. The van der Waals surface area contributed by atoms with Crippen molar-refractivity contribution >= 4 is 38.7 Å². The Hall–Kier alpha value is -3.37. The molecule has 5 rings (SSSR count). The molecule has 2 aromatic heterocycles. The van der Waals surface area contributed by atoms with Crippen LogP contribution in [0.1, 0.15) is 11.1 Å². The standard InChI is InChI=1S/C25H25BrFN7O/c1-16-3-8-19(11-21(16)27)34-13-20-23(31-34)29-15-30-24(20)33-10-9-32(2)22(14-33)25(35)28-12-17-4-6-18(26)7-5-17/h3-8,11,13,15,22H,9-10,12,14H2,1-2H3,(H,28,35). The van der Waals surface area contributed by atoms with Gasteiger partial charge in [0.05, 0.1) is 11.1 Å². The SMILES string of the molecule is Cc1ccc(-n2cc3c(N4CCN(C)C(C(=O)NCc5ccc(Br)cc5)C4)ncnc3n2)cc1F. The lowest BCUT2D eigenvalue weighted by Crippen LogP contribution is -2.57. The predicted octanol–water partition coefficient (Wildman–Crippen LogP) is 3.46. The first-order valence-corrected chi connectivity index (χ1v) is 12.1. The minimum absolute atomic E-state index is 0.0313. The molecule has 1 amide bonds. The van der Waals surface area contributed by atoms with E-state index in [-0.39, 0.29) is 17.8 Å². The molecular weight excluding hydrogens is 513 g/mol. The van der Waals surface area contributed by atoms with Crippen LogP contribution < -0.4 is 10.2 Å². The quantitative estimate of drug-likeness (QED) is 0.420. The van der Waals surface area contributed by atoms with Crippen LogP contribution in [0.15, 0.2) is 59.5 Å². The van der Waals surface area contributed by atoms with Crippen LogP contribution in [0, 0.1) is 12.7 Å². The fraction of sp³-hybridized carbons (Fsp3) is 0.280. The van der Waals surface area contributed by atoms with Crippen molar-refractivity contribution < 1.29 is 9.18 Å². The van der Waals surface area contributed by atoms with Crippen molar-refractivity contribution in [1.82, 2.24) is 30.0 Å². The fourth-order valence-corrected chi connectivity index (χ4v) is 4.46. The molecule has 0 bridgehead atoms. The van der Waals surface area contributed by atoms with Gasteiger partial charge in [0, 0.05) is 36.8 Å². The Labute approximate surface area is 210 Å². The maximum atomic E-state index is 14.1. The average Bonchev–Trinajstić information content (AvgIpc) is 3.30. The zero-order chi connectivity index (χ0) is 24.5. The fourth-order valence-electron chi connectivity index (χ4n) is 4.19. The van der Waals surface area contributed by atoms with Gasteiger partial charge in [-0.15, -0.1) is 5.10 Å². The van der Waals surface area contributed by atoms with Gasteiger partial charge in [-0.1, -0.05) is 34.1 Å². The van der Waals surface area contributed by atoms with Gasteiger partial charge in [-0.2, -0.15) is 0 Å². The number of hydrogen-bond acceptors (Lipinski definition) is 6. The van der Waals surface area contributed by atoms with Crippen LogP contribution in [0.2, 0.25) is 0 Å². The molecule has 1 N–H and O–H groups in total. The van der Waals surface area contributed by atoms with E-state index < -0.39 is 0 Å². The molecule has 1 atom stereocenters. The van der Waals surface area contributed by atoms with Gasteiger partial charge >= 0.3 is 0 Å². The van der Waals surface area contributed by atoms with Gasteiger partial charge in [0.1, 0.15) is 24.0 Å². The van der Waals surface area contributed by atoms with Crippen LogP contribution in [0.3, 0.4) is 0 Å². The molecule has 1 fully saturated rings. The van der Waals surface area contributed by atoms with Crippen LogP contribution in [-0.2, 0) is 11.3 Å². The smallest absolute Gasteiger partial charge is 0.239 e. The van der Waals surface area contributed by atoms with E-state index in [1.807, 2.05) is 43.6 Å². The molecule has 180 valence electrons. The van der Waals surface area contributed by atoms with Gasteiger partial charge < -0.3 is 10.2 Å². The molecule has 1 aliphatic rings. The summed E-state index contributed by atoms with van der Waals surface area (Å²) in [6, 6.07) is 12.6. The minimum atomic E-state index is -0.328. The van der Waals surface area contributed by atoms with E-state index in [0.717, 1.165) is 15.4 Å². The van der Waals surface area contributed by atoms with Crippen LogP contribution in [-0.4, -0.2) is 63.3 Å². The second kappa shape index (κ2) is 9.71. The molecule has 0 aliphatic carbocycles. The molecule has 10 heteroatoms. The summed E-state index contributed by atoms with van der Waals surface area (Å²) in [5.74, 6) is 0.397. The largest absolute Gasteiger partial charge is 0.353 e. The number of amides is 1. The van der Waals surface area contributed by atoms with E-state index in [4.69, 9.17) is 0 Å². The Bertz CT molecular complexity index is 1370. The second-order valence-corrected chi connectivity index (χ2v) is 9.64. The number of likely N-dealkylation sites (N-methyl/N-ethyl adjacent to an activating group) is 1. The first-order valence-electron chi connectivity index (χ1n) is 11.3. The highest BCUT2D eigenvalue weighted by molar-refractivity contribution is 9.10. The Morgan fingerprint density at radius 2 is 1.97 bits per heavy atom. The lowest BCUT2D eigenvalue weighted by Gasteiger charge is -2.39. The Kier molecular flexibility index (Phi) is 6.48. The van der Waals surface area contributed by atoms with Crippen molar-refractivity contribution in [2.45, 2.75) is 19.5 Å². The zero-order valence-electron chi connectivity index (χ0n) is 19.4. The number of piperazine rings is 1. The van der Waals surface area contributed by atoms with Gasteiger partial charge in [-0.25, -0.2) is 19.0 Å². The van der Waals surface area contributed by atoms with Crippen molar-refractivity contribution in [3.05, 3.63) is 76.4 Å². The van der Waals surface area contributed by atoms with E-state index in [9.17, 15) is 9.18 Å². The number of carbonyl (C=O) groups excluding carboxylic acids is 1. The highest BCUT2D eigenvalue weighted by Gasteiger charge is 2.31. The van der Waals surface area contributed by atoms with Crippen molar-refractivity contribution in [2.24, 2.45) is 0 Å². The van der Waals surface area contributed by atoms with Gasteiger partial charge in [-0.05, 0) is 49.4 Å². The van der Waals surface area contributed by atoms with Crippen molar-refractivity contribution in [1.29, 1.82) is 0 Å². The summed E-state index contributed by atoms with van der Waals surface area (Å²) in [7, 11) is 1.96. The minimum Gasteiger partial charge on any atom is -0.353 e. The molecule has 4 aromatic rings. The highest BCUT2D eigenvalue weighted by atomic mass is 79.9. The van der Waals surface area contributed by atoms with Crippen LogP contribution >= 0.6 is 15.9 Å². The summed E-state index contributed by atoms with van der Waals surface area (Å²) < 4.78 is 16.7. The van der Waals surface area contributed by atoms with Gasteiger partial charge in [0.15, 0.2) is 5.65 Å². The summed E-state index contributed by atoms with van der Waals surface area (Å²) in [5.41, 5.74) is 2.74. The first kappa shape index (κ1) is 23.4. The summed E-state index contributed by atoms with van der Waals surface area (Å²) >= 11 is 3.43. The summed E-state index contributed by atoms with van der Waals surface area (Å²) in [4.78, 5) is 26.0. The van der Waals surface area contributed by atoms with Gasteiger partial charge in [0.25, 0.3) is 0 Å². The molecule has 0 radical (unpaired) electrons. The average molecular weight is 538 g/mol. The van der Waals surface area contributed by atoms with E-state index in [1.54, 1.807) is 17.7 Å². The Morgan fingerprint density at radius 1 is 1.17 bits per heavy atom. The first-order chi connectivity index (χ1) is 16.9. The lowest BCUT2D eigenvalue weighted by atomic mass is 10.1. The highest BCUT2D eigenvalue weighted by Crippen LogP contribution is 2.26. The van der Waals surface area contributed by atoms with Gasteiger partial charge in [-0.3, -0.25) is 9.69 Å². The summed E-state index contributed by atoms with van der Waals surface area (Å²) in [5, 5.41) is 8.34. The molecule has 0 saturated carbocycles. The molecule has 1 aliphatic heterocycles. The number of fused-ring (bicyclic) bond motifs is 1. The molecule has 2 aromatic carbocycles. The predicted molar refractivity (Wildman–Crippen MR) is 136 cm³/mol. The third-order valence-electron chi connectivity index (χ3n) is 6.35. The molecular formula is C25H25BrFN7O. The maximum Gasteiger partial charge on any atom is 0.239 e. The van der Waals surface area contributed by atoms with Crippen molar-refractivity contribution in [3.8, 4) is 5.69 Å². The number of carbonyl (C=O) groups is 1. The number of aromatic nitrogens is 4. The summed E-state index contributed by atoms with van der Waals surface area (Å²) in [6.07, 6.45) is 3.29. The normalized spacial score (nSPS) is 16.6. The molecule has 3 heterocycles. The van der Waals surface area contributed by atoms with E-state index in [1.165, 1.54) is 12.4 Å². The number of aryl methyl sites for hydroxylation is 1. The number of nitrogens with one attached hydrogen (secondary N) is 1. The molecule has 1 saturated heterocycles. The molecule has 35 heavy (non-hydrogen) atoms. The third kappa shape index (κ3) is 4.89. The van der Waals surface area contributed by atoms with Crippen LogP contribution in [0.4, 0.5) is 10.2 Å². The number of nitrogens with zero attached hydrogens (tertiary/aromatic N) is 6. The lowest BCUT2D eigenvalue weighted by molar-refractivity contribution is -0.126. The van der Waals surface area contributed by atoms with Crippen molar-refractivity contribution in [3.63, 3.8) is 0 Å². The van der Waals surface area contributed by atoms with Crippen molar-refractivity contribution in [2.75, 3.05) is 31.6 Å². The van der Waals surface area contributed by atoms with Gasteiger partial charge in [0.2, 0.25) is 5.91 Å². The monoisotopic (exact) mass is 537 g/mol. The number of hydrogen-bond donors (Lipinski definition) is 1. The zero-order valence-corrected chi connectivity index (χ0v) is 21.0. The molecule has 0 spiro atoms. The Morgan fingerprint density at radius 3 is 2.74 bits per heavy atom. The van der Waals surface area contributed by atoms with E-state index in [2.05, 4.69) is 46.1 Å². The molecule has 1 unspecified atom stereocenters. The Balaban J connectivity index is 1.36. The van der Waals surface area contributed by atoms with Crippen LogP contribution in [0.25, 0.3) is 16.7 Å². The van der Waals surface area contributed by atoms with E-state index >= 15 is 0 Å². The number of rotatable bonds is 5. The third-order valence-corrected chi connectivity index (χ3v) is 6.87. The van der Waals surface area contributed by atoms with E-state index in [0.29, 0.717) is 48.9 Å². The topological polar surface area (TPSA) is 79.2 Å². The number of halogens is 2. The maximum absolute atomic E-state index is 14.1. The summed E-state index contributed by atoms with van der Waals surface area (Å²) in [6.45, 7) is 4.09. The molecule has 8 nitrogen and oxygen atoms in total.